The molecule has 3 aromatic carbocycles. The number of hydrogen-bond acceptors (Lipinski definition) is 7. The Morgan fingerprint density at radius 3 is 2.15 bits per heavy atom. The molecular formula is C32H39ClN2O5. The van der Waals surface area contributed by atoms with E-state index in [9.17, 15) is 4.79 Å². The lowest BCUT2D eigenvalue weighted by atomic mass is 9.92. The Balaban J connectivity index is 1.51. The number of methoxy groups -OCH3 is 4. The predicted molar refractivity (Wildman–Crippen MR) is 161 cm³/mol. The molecule has 1 aliphatic rings. The number of benzene rings is 3. The molecule has 0 aromatic heterocycles. The van der Waals surface area contributed by atoms with Gasteiger partial charge in [0.2, 0.25) is 5.75 Å². The number of rotatable bonds is 12. The fourth-order valence-electron chi connectivity index (χ4n) is 5.54. The van der Waals surface area contributed by atoms with Crippen molar-refractivity contribution in [3.8, 4) is 23.0 Å². The quantitative estimate of drug-likeness (QED) is 0.245. The van der Waals surface area contributed by atoms with Gasteiger partial charge in [-0.2, -0.15) is 0 Å². The van der Waals surface area contributed by atoms with Crippen molar-refractivity contribution in [2.45, 2.75) is 38.8 Å². The highest BCUT2D eigenvalue weighted by Crippen LogP contribution is 2.39. The molecule has 7 nitrogen and oxygen atoms in total. The summed E-state index contributed by atoms with van der Waals surface area (Å²) in [5.41, 5.74) is 2.70. The van der Waals surface area contributed by atoms with Gasteiger partial charge in [0.1, 0.15) is 11.7 Å². The van der Waals surface area contributed by atoms with Crippen molar-refractivity contribution in [3.63, 3.8) is 0 Å². The van der Waals surface area contributed by atoms with Gasteiger partial charge in [-0.1, -0.05) is 49.6 Å². The Morgan fingerprint density at radius 2 is 1.57 bits per heavy atom. The molecule has 0 radical (unpaired) electrons. The summed E-state index contributed by atoms with van der Waals surface area (Å²) in [5, 5.41) is 2.45. The molecule has 0 amide bonds. The fraction of sp³-hybridized carbons (Fsp3) is 0.438. The summed E-state index contributed by atoms with van der Waals surface area (Å²) in [7, 11) is 6.49. The molecule has 0 aliphatic carbocycles. The Bertz CT molecular complexity index is 1340. The molecule has 0 saturated carbocycles. The van der Waals surface area contributed by atoms with E-state index in [1.165, 1.54) is 0 Å². The van der Waals surface area contributed by atoms with Gasteiger partial charge in [0.05, 0.1) is 39.0 Å². The van der Waals surface area contributed by atoms with Crippen LogP contribution in [-0.4, -0.2) is 76.4 Å². The second-order valence-corrected chi connectivity index (χ2v) is 10.4. The molecule has 40 heavy (non-hydrogen) atoms. The molecule has 4 rings (SSSR count). The van der Waals surface area contributed by atoms with Crippen molar-refractivity contribution in [1.29, 1.82) is 0 Å². The number of piperazine rings is 1. The van der Waals surface area contributed by atoms with E-state index >= 15 is 0 Å². The third-order valence-electron chi connectivity index (χ3n) is 7.70. The van der Waals surface area contributed by atoms with Gasteiger partial charge in [0.15, 0.2) is 11.5 Å². The zero-order valence-corrected chi connectivity index (χ0v) is 24.8. The van der Waals surface area contributed by atoms with E-state index in [-0.39, 0.29) is 6.04 Å². The van der Waals surface area contributed by atoms with Gasteiger partial charge in [-0.05, 0) is 47.2 Å². The first kappa shape index (κ1) is 29.8. The number of unbranched alkanes of at least 4 members (excludes halogenated alkanes) is 1. The number of carbonyl (C=O) groups excluding carboxylic acids is 1. The van der Waals surface area contributed by atoms with Crippen LogP contribution in [0.25, 0.3) is 16.3 Å². The maximum absolute atomic E-state index is 12.5. The first-order valence-corrected chi connectivity index (χ1v) is 14.1. The zero-order chi connectivity index (χ0) is 28.6. The molecule has 1 heterocycles. The number of hydrogen-bond donors (Lipinski definition) is 0. The molecule has 8 heteroatoms. The number of ether oxygens (including phenoxy) is 4. The highest BCUT2D eigenvalue weighted by Gasteiger charge is 2.28. The summed E-state index contributed by atoms with van der Waals surface area (Å²) in [6.45, 7) is 6.45. The Hall–Kier alpha value is -3.22. The van der Waals surface area contributed by atoms with Crippen LogP contribution < -0.4 is 18.9 Å². The maximum Gasteiger partial charge on any atom is 0.203 e. The minimum atomic E-state index is 0.00643. The third kappa shape index (κ3) is 6.39. The van der Waals surface area contributed by atoms with Crippen molar-refractivity contribution >= 4 is 33.9 Å². The van der Waals surface area contributed by atoms with Crippen LogP contribution in [0.4, 0.5) is 0 Å². The van der Waals surface area contributed by atoms with Crippen LogP contribution in [0.2, 0.25) is 5.02 Å². The van der Waals surface area contributed by atoms with E-state index in [1.807, 2.05) is 42.5 Å². The minimum Gasteiger partial charge on any atom is -0.495 e. The van der Waals surface area contributed by atoms with Gasteiger partial charge in [-0.15, -0.1) is 0 Å². The second-order valence-electron chi connectivity index (χ2n) is 10.0. The lowest BCUT2D eigenvalue weighted by Gasteiger charge is -2.39. The highest BCUT2D eigenvalue weighted by molar-refractivity contribution is 6.37. The molecular weight excluding hydrogens is 528 g/mol. The number of nitrogens with zero attached hydrogens (tertiary/aromatic N) is 2. The van der Waals surface area contributed by atoms with Crippen LogP contribution in [0.1, 0.15) is 37.3 Å². The van der Waals surface area contributed by atoms with Crippen LogP contribution in [0.5, 0.6) is 23.0 Å². The lowest BCUT2D eigenvalue weighted by Crippen LogP contribution is -2.50. The van der Waals surface area contributed by atoms with Crippen LogP contribution in [0.3, 0.4) is 0 Å². The standard InChI is InChI=1S/C32H39ClN2O5/c1-6-7-8-27(26(21-36)24-9-11-25-23(19-24)10-12-28(37-2)31(25)33)35-15-13-34(14-16-35)20-22-17-29(38-3)32(40-5)30(18-22)39-4/h9-12,17-19,27H,6-8,13-16,20H2,1-5H3. The SMILES string of the molecule is CCCCC(C(=C=O)c1ccc2c(Cl)c(OC)ccc2c1)N1CCN(Cc2cc(OC)c(OC)c(OC)c2)CC1. The highest BCUT2D eigenvalue weighted by atomic mass is 35.5. The molecule has 214 valence electrons. The minimum absolute atomic E-state index is 0.00643. The summed E-state index contributed by atoms with van der Waals surface area (Å²) < 4.78 is 21.9. The van der Waals surface area contributed by atoms with E-state index in [2.05, 4.69) is 22.7 Å². The van der Waals surface area contributed by atoms with Crippen molar-refractivity contribution in [2.24, 2.45) is 0 Å². The Morgan fingerprint density at radius 1 is 0.900 bits per heavy atom. The summed E-state index contributed by atoms with van der Waals surface area (Å²) in [4.78, 5) is 17.3. The summed E-state index contributed by atoms with van der Waals surface area (Å²) in [6.07, 6.45) is 3.02. The molecule has 0 N–H and O–H groups in total. The Kier molecular flexibility index (Phi) is 10.3. The average molecular weight is 567 g/mol. The van der Waals surface area contributed by atoms with E-state index in [4.69, 9.17) is 30.5 Å². The van der Waals surface area contributed by atoms with E-state index in [0.29, 0.717) is 33.6 Å². The number of fused-ring (bicyclic) bond motifs is 1. The van der Waals surface area contributed by atoms with Gasteiger partial charge < -0.3 is 18.9 Å². The largest absolute Gasteiger partial charge is 0.495 e. The van der Waals surface area contributed by atoms with Gasteiger partial charge in [-0.25, -0.2) is 4.79 Å². The summed E-state index contributed by atoms with van der Waals surface area (Å²) in [5.74, 6) is 4.88. The molecule has 1 aliphatic heterocycles. The van der Waals surface area contributed by atoms with Crippen molar-refractivity contribution < 1.29 is 23.7 Å². The van der Waals surface area contributed by atoms with Crippen LogP contribution in [0.15, 0.2) is 42.5 Å². The molecule has 1 saturated heterocycles. The van der Waals surface area contributed by atoms with E-state index < -0.39 is 0 Å². The van der Waals surface area contributed by atoms with Crippen molar-refractivity contribution in [2.75, 3.05) is 54.6 Å². The van der Waals surface area contributed by atoms with Gasteiger partial charge in [0.25, 0.3) is 0 Å². The molecule has 0 spiro atoms. The lowest BCUT2D eigenvalue weighted by molar-refractivity contribution is 0.106. The third-order valence-corrected chi connectivity index (χ3v) is 8.09. The van der Waals surface area contributed by atoms with Crippen LogP contribution in [-0.2, 0) is 11.3 Å². The molecule has 1 unspecified atom stereocenters. The average Bonchev–Trinajstić information content (AvgIpc) is 2.99. The Labute approximate surface area is 242 Å². The van der Waals surface area contributed by atoms with Crippen molar-refractivity contribution in [3.05, 3.63) is 58.6 Å². The fourth-order valence-corrected chi connectivity index (χ4v) is 5.85. The smallest absolute Gasteiger partial charge is 0.203 e. The summed E-state index contributed by atoms with van der Waals surface area (Å²) in [6, 6.07) is 13.9. The van der Waals surface area contributed by atoms with E-state index in [1.54, 1.807) is 28.4 Å². The maximum atomic E-state index is 12.5. The van der Waals surface area contributed by atoms with Crippen LogP contribution in [0, 0.1) is 0 Å². The molecule has 0 bridgehead atoms. The first-order chi connectivity index (χ1) is 19.5. The number of halogens is 1. The molecule has 1 atom stereocenters. The van der Waals surface area contributed by atoms with Crippen LogP contribution >= 0.6 is 11.6 Å². The first-order valence-electron chi connectivity index (χ1n) is 13.7. The van der Waals surface area contributed by atoms with Gasteiger partial charge in [-0.3, -0.25) is 9.80 Å². The zero-order valence-electron chi connectivity index (χ0n) is 24.1. The monoisotopic (exact) mass is 566 g/mol. The van der Waals surface area contributed by atoms with Gasteiger partial charge >= 0.3 is 0 Å². The molecule has 1 fully saturated rings. The topological polar surface area (TPSA) is 60.5 Å². The molecule has 3 aromatic rings. The predicted octanol–water partition coefficient (Wildman–Crippen LogP) is 6.12. The summed E-state index contributed by atoms with van der Waals surface area (Å²) >= 11 is 6.54. The van der Waals surface area contributed by atoms with Crippen molar-refractivity contribution in [1.82, 2.24) is 9.80 Å². The van der Waals surface area contributed by atoms with E-state index in [0.717, 1.165) is 73.9 Å². The normalized spacial score (nSPS) is 14.9. The second kappa shape index (κ2) is 13.9. The van der Waals surface area contributed by atoms with Gasteiger partial charge in [0, 0.05) is 44.2 Å².